The van der Waals surface area contributed by atoms with Crippen LogP contribution >= 0.6 is 0 Å². The van der Waals surface area contributed by atoms with E-state index in [0.717, 1.165) is 17.9 Å². The first-order chi connectivity index (χ1) is 4.86. The highest BCUT2D eigenvalue weighted by Crippen LogP contribution is 2.33. The van der Waals surface area contributed by atoms with E-state index in [-0.39, 0.29) is 1.43 Å². The van der Waals surface area contributed by atoms with Gasteiger partial charge in [-0.05, 0) is 37.6 Å². The molecule has 1 saturated heterocycles. The average molecular weight is 141 g/mol. The molecule has 0 bridgehead atoms. The van der Waals surface area contributed by atoms with Crippen LogP contribution in [0.25, 0.3) is 0 Å². The predicted octanol–water partition coefficient (Wildman–Crippen LogP) is 2.03. The smallest absolute Gasteiger partial charge is 0.00983 e. The molecule has 0 aromatic rings. The number of rotatable bonds is 0. The molecule has 1 aliphatic heterocycles. The molecule has 1 nitrogen and oxygen atoms in total. The molecule has 3 atom stereocenters. The van der Waals surface area contributed by atoms with Gasteiger partial charge in [0.15, 0.2) is 0 Å². The van der Waals surface area contributed by atoms with E-state index in [1.165, 1.54) is 32.2 Å². The third-order valence-corrected chi connectivity index (χ3v) is 3.18. The third kappa shape index (κ3) is 1.07. The highest BCUT2D eigenvalue weighted by Gasteiger charge is 2.31. The highest BCUT2D eigenvalue weighted by molar-refractivity contribution is 4.88. The van der Waals surface area contributed by atoms with Crippen molar-refractivity contribution in [2.75, 3.05) is 6.54 Å². The molecule has 2 fully saturated rings. The molecule has 2 aliphatic rings. The minimum absolute atomic E-state index is 0. The van der Waals surface area contributed by atoms with Crippen LogP contribution in [0.1, 0.15) is 34.0 Å². The summed E-state index contributed by atoms with van der Waals surface area (Å²) in [7, 11) is 0. The molecule has 3 unspecified atom stereocenters. The van der Waals surface area contributed by atoms with Gasteiger partial charge in [0.2, 0.25) is 0 Å². The summed E-state index contributed by atoms with van der Waals surface area (Å²) in [6.07, 6.45) is 5.84. The summed E-state index contributed by atoms with van der Waals surface area (Å²) in [6, 6.07) is 0.892. The maximum atomic E-state index is 3.59. The molecule has 0 radical (unpaired) electrons. The molecule has 0 aromatic carbocycles. The molecule has 1 heterocycles. The Morgan fingerprint density at radius 2 is 2.20 bits per heavy atom. The Morgan fingerprint density at radius 3 is 3.10 bits per heavy atom. The Morgan fingerprint density at radius 1 is 1.30 bits per heavy atom. The molecule has 0 spiro atoms. The summed E-state index contributed by atoms with van der Waals surface area (Å²) >= 11 is 0. The molecule has 60 valence electrons. The fourth-order valence-electron chi connectivity index (χ4n) is 2.49. The molecule has 1 heteroatoms. The molecule has 1 aliphatic carbocycles. The summed E-state index contributed by atoms with van der Waals surface area (Å²) in [5.41, 5.74) is 0. The SMILES string of the molecule is CC1CCC2CCNC2C1.[HH]. The van der Waals surface area contributed by atoms with Gasteiger partial charge >= 0.3 is 0 Å². The number of hydrogen-bond donors (Lipinski definition) is 1. The first kappa shape index (κ1) is 6.66. The van der Waals surface area contributed by atoms with Crippen molar-refractivity contribution in [1.29, 1.82) is 0 Å². The number of fused-ring (bicyclic) bond motifs is 1. The van der Waals surface area contributed by atoms with Gasteiger partial charge in [0.1, 0.15) is 0 Å². The lowest BCUT2D eigenvalue weighted by Gasteiger charge is -2.29. The van der Waals surface area contributed by atoms with Crippen molar-refractivity contribution in [3.8, 4) is 0 Å². The topological polar surface area (TPSA) is 12.0 Å². The largest absolute Gasteiger partial charge is 0.314 e. The molecule has 1 saturated carbocycles. The summed E-state index contributed by atoms with van der Waals surface area (Å²) in [4.78, 5) is 0. The van der Waals surface area contributed by atoms with Crippen molar-refractivity contribution >= 4 is 0 Å². The van der Waals surface area contributed by atoms with Crippen molar-refractivity contribution < 1.29 is 1.43 Å². The lowest BCUT2D eigenvalue weighted by Crippen LogP contribution is -2.32. The zero-order valence-corrected chi connectivity index (χ0v) is 6.77. The Bertz CT molecular complexity index is 127. The standard InChI is InChI=1S/C9H17N.H2/c1-7-2-3-8-4-5-10-9(8)6-7;/h7-10H,2-6H2,1H3;1H. The second-order valence-electron chi connectivity index (χ2n) is 4.03. The van der Waals surface area contributed by atoms with Crippen LogP contribution in [0.5, 0.6) is 0 Å². The van der Waals surface area contributed by atoms with Crippen LogP contribution in [-0.4, -0.2) is 12.6 Å². The molecule has 1 N–H and O–H groups in total. The molecule has 0 aromatic heterocycles. The van der Waals surface area contributed by atoms with E-state index in [9.17, 15) is 0 Å². The Kier molecular flexibility index (Phi) is 1.69. The molecule has 10 heavy (non-hydrogen) atoms. The highest BCUT2D eigenvalue weighted by atomic mass is 15.0. The normalized spacial score (nSPS) is 47.1. The Labute approximate surface area is 64.7 Å². The third-order valence-electron chi connectivity index (χ3n) is 3.18. The van der Waals surface area contributed by atoms with Crippen LogP contribution in [0.2, 0.25) is 0 Å². The minimum Gasteiger partial charge on any atom is -0.314 e. The van der Waals surface area contributed by atoms with Crippen LogP contribution in [0.4, 0.5) is 0 Å². The van der Waals surface area contributed by atoms with Gasteiger partial charge in [0.05, 0.1) is 0 Å². The van der Waals surface area contributed by atoms with Crippen molar-refractivity contribution in [3.63, 3.8) is 0 Å². The van der Waals surface area contributed by atoms with Crippen LogP contribution in [0.15, 0.2) is 0 Å². The Balaban J connectivity index is 0.000000605. The van der Waals surface area contributed by atoms with Gasteiger partial charge < -0.3 is 5.32 Å². The average Bonchev–Trinajstić information content (AvgIpc) is 2.33. The van der Waals surface area contributed by atoms with Crippen molar-refractivity contribution in [2.24, 2.45) is 11.8 Å². The van der Waals surface area contributed by atoms with E-state index in [1.54, 1.807) is 0 Å². The van der Waals surface area contributed by atoms with E-state index in [4.69, 9.17) is 0 Å². The first-order valence-electron chi connectivity index (χ1n) is 4.59. The van der Waals surface area contributed by atoms with E-state index >= 15 is 0 Å². The van der Waals surface area contributed by atoms with Gasteiger partial charge in [0, 0.05) is 7.47 Å². The van der Waals surface area contributed by atoms with Gasteiger partial charge in [-0.1, -0.05) is 13.3 Å². The van der Waals surface area contributed by atoms with Gasteiger partial charge in [-0.2, -0.15) is 0 Å². The summed E-state index contributed by atoms with van der Waals surface area (Å²) in [5.74, 6) is 2.02. The minimum atomic E-state index is 0. The Hall–Kier alpha value is -0.0400. The zero-order valence-electron chi connectivity index (χ0n) is 6.77. The lowest BCUT2D eigenvalue weighted by atomic mass is 9.80. The van der Waals surface area contributed by atoms with Crippen LogP contribution < -0.4 is 5.32 Å². The summed E-state index contributed by atoms with van der Waals surface area (Å²) < 4.78 is 0. The summed E-state index contributed by atoms with van der Waals surface area (Å²) in [6.45, 7) is 3.66. The van der Waals surface area contributed by atoms with Gasteiger partial charge in [-0.15, -0.1) is 0 Å². The van der Waals surface area contributed by atoms with Gasteiger partial charge in [0.25, 0.3) is 0 Å². The molecular formula is C9H19N. The zero-order chi connectivity index (χ0) is 6.97. The molecular weight excluding hydrogens is 122 g/mol. The lowest BCUT2D eigenvalue weighted by molar-refractivity contribution is 0.262. The summed E-state index contributed by atoms with van der Waals surface area (Å²) in [5, 5.41) is 3.59. The maximum absolute atomic E-state index is 3.59. The second-order valence-corrected chi connectivity index (χ2v) is 4.03. The van der Waals surface area contributed by atoms with E-state index in [2.05, 4.69) is 12.2 Å². The fraction of sp³-hybridized carbons (Fsp3) is 1.00. The van der Waals surface area contributed by atoms with Gasteiger partial charge in [-0.3, -0.25) is 0 Å². The predicted molar refractivity (Wildman–Crippen MR) is 45.0 cm³/mol. The molecule has 2 rings (SSSR count). The number of hydrogen-bond acceptors (Lipinski definition) is 1. The monoisotopic (exact) mass is 141 g/mol. The quantitative estimate of drug-likeness (QED) is 0.544. The molecule has 0 amide bonds. The van der Waals surface area contributed by atoms with Crippen LogP contribution in [-0.2, 0) is 0 Å². The fourth-order valence-corrected chi connectivity index (χ4v) is 2.49. The van der Waals surface area contributed by atoms with E-state index in [0.29, 0.717) is 0 Å². The van der Waals surface area contributed by atoms with Crippen molar-refractivity contribution in [2.45, 2.75) is 38.6 Å². The van der Waals surface area contributed by atoms with Crippen LogP contribution in [0, 0.1) is 11.8 Å². The number of nitrogens with one attached hydrogen (secondary N) is 1. The van der Waals surface area contributed by atoms with E-state index < -0.39 is 0 Å². The van der Waals surface area contributed by atoms with Crippen LogP contribution in [0.3, 0.4) is 0 Å². The first-order valence-corrected chi connectivity index (χ1v) is 4.59. The maximum Gasteiger partial charge on any atom is 0.00983 e. The second kappa shape index (κ2) is 2.54. The van der Waals surface area contributed by atoms with E-state index in [1.807, 2.05) is 0 Å². The van der Waals surface area contributed by atoms with Gasteiger partial charge in [-0.25, -0.2) is 0 Å². The van der Waals surface area contributed by atoms with Crippen molar-refractivity contribution in [1.82, 2.24) is 5.32 Å². The van der Waals surface area contributed by atoms with Crippen molar-refractivity contribution in [3.05, 3.63) is 0 Å².